The minimum Gasteiger partial charge on any atom is -0.462 e. The predicted octanol–water partition coefficient (Wildman–Crippen LogP) is 4.53. The van der Waals surface area contributed by atoms with Gasteiger partial charge in [-0.1, -0.05) is 49.6 Å². The third-order valence-electron chi connectivity index (χ3n) is 7.27. The summed E-state index contributed by atoms with van der Waals surface area (Å²) in [6, 6.07) is 11.2. The maximum absolute atomic E-state index is 13.4. The highest BCUT2D eigenvalue weighted by atomic mass is 16.5. The first kappa shape index (κ1) is 19.9. The largest absolute Gasteiger partial charge is 0.462 e. The molecule has 0 amide bonds. The fraction of sp³-hybridized carbons (Fsp3) is 0.708. The van der Waals surface area contributed by atoms with Crippen LogP contribution in [0.4, 0.5) is 0 Å². The quantitative estimate of drug-likeness (QED) is 0.674. The van der Waals surface area contributed by atoms with Crippen molar-refractivity contribution in [3.8, 4) is 0 Å². The van der Waals surface area contributed by atoms with Crippen molar-refractivity contribution in [2.75, 3.05) is 13.7 Å². The second-order valence-corrected chi connectivity index (χ2v) is 8.93. The van der Waals surface area contributed by atoms with E-state index in [0.29, 0.717) is 18.0 Å². The van der Waals surface area contributed by atoms with E-state index in [0.717, 1.165) is 44.3 Å². The number of piperidine rings is 1. The number of carbonyl (C=O) groups excluding carboxylic acids is 1. The second kappa shape index (κ2) is 8.96. The van der Waals surface area contributed by atoms with E-state index in [1.165, 1.54) is 19.3 Å². The van der Waals surface area contributed by atoms with Crippen molar-refractivity contribution in [3.63, 3.8) is 0 Å². The molecule has 4 unspecified atom stereocenters. The molecule has 28 heavy (non-hydrogen) atoms. The third-order valence-corrected chi connectivity index (χ3v) is 7.27. The minimum absolute atomic E-state index is 0.0000120. The molecule has 5 atom stereocenters. The van der Waals surface area contributed by atoms with Gasteiger partial charge in [0.1, 0.15) is 6.10 Å². The Balaban J connectivity index is 1.46. The Bertz CT molecular complexity index is 643. The predicted molar refractivity (Wildman–Crippen MR) is 110 cm³/mol. The van der Waals surface area contributed by atoms with E-state index in [2.05, 4.69) is 31.0 Å². The van der Waals surface area contributed by atoms with Gasteiger partial charge in [0, 0.05) is 31.5 Å². The van der Waals surface area contributed by atoms with E-state index >= 15 is 0 Å². The van der Waals surface area contributed by atoms with Crippen LogP contribution >= 0.6 is 0 Å². The monoisotopic (exact) mass is 385 g/mol. The first-order valence-electron chi connectivity index (χ1n) is 11.3. The third kappa shape index (κ3) is 4.13. The molecule has 1 aliphatic carbocycles. The molecule has 0 radical (unpaired) electrons. The first-order chi connectivity index (χ1) is 13.7. The number of nitrogens with zero attached hydrogens (tertiary/aromatic N) is 1. The average molecular weight is 386 g/mol. The van der Waals surface area contributed by atoms with Crippen LogP contribution in [0, 0.1) is 5.92 Å². The lowest BCUT2D eigenvalue weighted by Gasteiger charge is -2.37. The Morgan fingerprint density at radius 1 is 1.11 bits per heavy atom. The lowest BCUT2D eigenvalue weighted by Crippen LogP contribution is -2.46. The number of hydrogen-bond acceptors (Lipinski definition) is 4. The summed E-state index contributed by atoms with van der Waals surface area (Å²) in [7, 11) is 2.20. The van der Waals surface area contributed by atoms with Gasteiger partial charge in [0.2, 0.25) is 0 Å². The molecule has 0 N–H and O–H groups in total. The number of carbonyl (C=O) groups is 1. The SMILES string of the molecule is CCOC1CC2C[C@H](OC(=O)C(c3ccccc3)C3CCCCC3)CC1N2C. The topological polar surface area (TPSA) is 38.8 Å². The van der Waals surface area contributed by atoms with Crippen molar-refractivity contribution in [3.05, 3.63) is 35.9 Å². The molecule has 0 spiro atoms. The molecular weight excluding hydrogens is 350 g/mol. The number of hydrogen-bond donors (Lipinski definition) is 0. The Morgan fingerprint density at radius 3 is 2.57 bits per heavy atom. The van der Waals surface area contributed by atoms with Gasteiger partial charge in [0.25, 0.3) is 0 Å². The maximum atomic E-state index is 13.4. The van der Waals surface area contributed by atoms with E-state index < -0.39 is 0 Å². The Morgan fingerprint density at radius 2 is 1.86 bits per heavy atom. The molecule has 2 saturated heterocycles. The van der Waals surface area contributed by atoms with Gasteiger partial charge in [0.15, 0.2) is 0 Å². The van der Waals surface area contributed by atoms with Crippen LogP contribution in [0.1, 0.15) is 69.8 Å². The van der Waals surface area contributed by atoms with Gasteiger partial charge < -0.3 is 9.47 Å². The van der Waals surface area contributed by atoms with Gasteiger partial charge in [-0.15, -0.1) is 0 Å². The summed E-state index contributed by atoms with van der Waals surface area (Å²) in [6.45, 7) is 2.82. The number of rotatable bonds is 6. The number of ether oxygens (including phenoxy) is 2. The van der Waals surface area contributed by atoms with Crippen molar-refractivity contribution in [1.29, 1.82) is 0 Å². The van der Waals surface area contributed by atoms with Gasteiger partial charge in [-0.3, -0.25) is 9.69 Å². The zero-order valence-electron chi connectivity index (χ0n) is 17.4. The molecule has 4 heteroatoms. The number of fused-ring (bicyclic) bond motifs is 2. The number of benzene rings is 1. The molecule has 4 nitrogen and oxygen atoms in total. The number of likely N-dealkylation sites (N-methyl/N-ethyl adjacent to an activating group) is 1. The van der Waals surface area contributed by atoms with E-state index in [4.69, 9.17) is 9.47 Å². The van der Waals surface area contributed by atoms with Gasteiger partial charge in [-0.2, -0.15) is 0 Å². The summed E-state index contributed by atoms with van der Waals surface area (Å²) >= 11 is 0. The fourth-order valence-corrected chi connectivity index (χ4v) is 5.83. The molecule has 154 valence electrons. The molecule has 1 saturated carbocycles. The molecule has 2 bridgehead atoms. The zero-order valence-corrected chi connectivity index (χ0v) is 17.4. The first-order valence-corrected chi connectivity index (χ1v) is 11.3. The van der Waals surface area contributed by atoms with Crippen molar-refractivity contribution in [1.82, 2.24) is 4.90 Å². The molecule has 2 aliphatic heterocycles. The van der Waals surface area contributed by atoms with Crippen LogP contribution in [-0.2, 0) is 14.3 Å². The van der Waals surface area contributed by atoms with Crippen LogP contribution in [0.15, 0.2) is 30.3 Å². The molecule has 1 aromatic rings. The smallest absolute Gasteiger partial charge is 0.313 e. The van der Waals surface area contributed by atoms with Crippen LogP contribution in [0.2, 0.25) is 0 Å². The van der Waals surface area contributed by atoms with Crippen LogP contribution in [-0.4, -0.2) is 48.8 Å². The van der Waals surface area contributed by atoms with Gasteiger partial charge in [-0.25, -0.2) is 0 Å². The van der Waals surface area contributed by atoms with Gasteiger partial charge in [0.05, 0.1) is 12.0 Å². The summed E-state index contributed by atoms with van der Waals surface area (Å²) in [4.78, 5) is 15.8. The van der Waals surface area contributed by atoms with Crippen LogP contribution in [0.5, 0.6) is 0 Å². The Labute approximate surface area is 169 Å². The zero-order chi connectivity index (χ0) is 19.5. The van der Waals surface area contributed by atoms with E-state index in [-0.39, 0.29) is 24.1 Å². The fourth-order valence-electron chi connectivity index (χ4n) is 5.83. The second-order valence-electron chi connectivity index (χ2n) is 8.93. The molecule has 2 heterocycles. The molecule has 1 aromatic carbocycles. The van der Waals surface area contributed by atoms with Gasteiger partial charge >= 0.3 is 5.97 Å². The molecule has 3 fully saturated rings. The van der Waals surface area contributed by atoms with Crippen molar-refractivity contribution < 1.29 is 14.3 Å². The highest BCUT2D eigenvalue weighted by Gasteiger charge is 2.47. The summed E-state index contributed by atoms with van der Waals surface area (Å²) in [5, 5.41) is 0. The molecule has 0 aromatic heterocycles. The van der Waals surface area contributed by atoms with E-state index in [1.807, 2.05) is 18.2 Å². The molecular formula is C24H35NO3. The highest BCUT2D eigenvalue weighted by molar-refractivity contribution is 5.78. The minimum atomic E-state index is -0.110. The van der Waals surface area contributed by atoms with E-state index in [9.17, 15) is 4.79 Å². The van der Waals surface area contributed by atoms with Crippen molar-refractivity contribution in [2.45, 2.75) is 88.5 Å². The lowest BCUT2D eigenvalue weighted by atomic mass is 9.77. The maximum Gasteiger partial charge on any atom is 0.313 e. The molecule has 4 rings (SSSR count). The van der Waals surface area contributed by atoms with Crippen LogP contribution in [0.3, 0.4) is 0 Å². The summed E-state index contributed by atoms with van der Waals surface area (Å²) < 4.78 is 12.2. The lowest BCUT2D eigenvalue weighted by molar-refractivity contribution is -0.156. The highest BCUT2D eigenvalue weighted by Crippen LogP contribution is 2.40. The summed E-state index contributed by atoms with van der Waals surface area (Å²) in [6.07, 6.45) is 9.25. The Hall–Kier alpha value is -1.39. The van der Waals surface area contributed by atoms with Crippen molar-refractivity contribution >= 4 is 5.97 Å². The normalized spacial score (nSPS) is 32.2. The van der Waals surface area contributed by atoms with Gasteiger partial charge in [-0.05, 0) is 44.7 Å². The standard InChI is InChI=1S/C24H35NO3/c1-3-27-22-15-19-14-20(16-21(22)25(19)2)28-24(26)23(17-10-6-4-7-11-17)18-12-8-5-9-13-18/h4,6-7,10-11,18-23H,3,5,8-9,12-16H2,1-2H3/t19?,20-,21?,22?,23?/m0/s1. The van der Waals surface area contributed by atoms with E-state index in [1.54, 1.807) is 0 Å². The Kier molecular flexibility index (Phi) is 6.37. The van der Waals surface area contributed by atoms with Crippen LogP contribution < -0.4 is 0 Å². The average Bonchev–Trinajstić information content (AvgIpc) is 2.88. The van der Waals surface area contributed by atoms with Crippen LogP contribution in [0.25, 0.3) is 0 Å². The van der Waals surface area contributed by atoms with Crippen molar-refractivity contribution in [2.24, 2.45) is 5.92 Å². The number of esters is 1. The summed E-state index contributed by atoms with van der Waals surface area (Å²) in [5.74, 6) is 0.310. The summed E-state index contributed by atoms with van der Waals surface area (Å²) in [5.41, 5.74) is 1.13. The molecule has 3 aliphatic rings.